The van der Waals surface area contributed by atoms with Crippen molar-refractivity contribution in [1.82, 2.24) is 93.9 Å². The van der Waals surface area contributed by atoms with Crippen LogP contribution in [-0.4, -0.2) is 143 Å². The van der Waals surface area contributed by atoms with Gasteiger partial charge in [-0.3, -0.25) is 28.1 Å². The minimum absolute atomic E-state index is 0.195. The van der Waals surface area contributed by atoms with E-state index >= 15 is 0 Å². The van der Waals surface area contributed by atoms with Crippen molar-refractivity contribution < 1.29 is 10.2 Å². The number of nitrogens with one attached hydrogen (secondary N) is 4. The molecule has 0 radical (unpaired) electrons. The lowest BCUT2D eigenvalue weighted by Crippen LogP contribution is -2.25. The highest BCUT2D eigenvalue weighted by Gasteiger charge is 2.25. The highest BCUT2D eigenvalue weighted by atomic mass is 16.3. The summed E-state index contributed by atoms with van der Waals surface area (Å²) in [6, 6.07) is 27.0. The Hall–Kier alpha value is -10.6. The van der Waals surface area contributed by atoms with Crippen molar-refractivity contribution in [3.8, 4) is 101 Å². The molecule has 3 fully saturated rings. The zero-order chi connectivity index (χ0) is 66.1. The number of anilines is 3. The van der Waals surface area contributed by atoms with Crippen LogP contribution in [0, 0.1) is 11.8 Å². The Labute approximate surface area is 558 Å². The second kappa shape index (κ2) is 29.4. The molecule has 4 unspecified atom stereocenters. The maximum Gasteiger partial charge on any atom is 0.161 e. The summed E-state index contributed by atoms with van der Waals surface area (Å²) in [5, 5.41) is 60.2. The molecule has 1 aliphatic heterocycles. The van der Waals surface area contributed by atoms with E-state index in [0.717, 1.165) is 185 Å². The molecule has 5 atom stereocenters. The van der Waals surface area contributed by atoms with Crippen LogP contribution >= 0.6 is 0 Å². The number of benzene rings is 3. The van der Waals surface area contributed by atoms with Gasteiger partial charge >= 0.3 is 0 Å². The lowest BCUT2D eigenvalue weighted by atomic mass is 9.87. The topological polar surface area (TPSA) is 273 Å². The number of hydrogen-bond acceptors (Lipinski definition) is 18. The van der Waals surface area contributed by atoms with Crippen LogP contribution in [0.2, 0.25) is 0 Å². The summed E-state index contributed by atoms with van der Waals surface area (Å²) in [7, 11) is 11.5. The van der Waals surface area contributed by atoms with Gasteiger partial charge in [-0.2, -0.15) is 30.6 Å². The van der Waals surface area contributed by atoms with Gasteiger partial charge < -0.3 is 31.5 Å². The zero-order valence-corrected chi connectivity index (χ0v) is 55.1. The fourth-order valence-electron chi connectivity index (χ4n) is 12.8. The number of aliphatic hydroxyl groups excluding tert-OH is 2. The molecule has 3 aliphatic rings. The molecule has 96 heavy (non-hydrogen) atoms. The van der Waals surface area contributed by atoms with Gasteiger partial charge in [0.1, 0.15) is 17.5 Å². The summed E-state index contributed by atoms with van der Waals surface area (Å²) in [6.45, 7) is 3.49. The van der Waals surface area contributed by atoms with Crippen LogP contribution in [0.5, 0.6) is 0 Å². The van der Waals surface area contributed by atoms with Gasteiger partial charge in [-0.25, -0.2) is 29.9 Å². The molecule has 24 nitrogen and oxygen atoms in total. The van der Waals surface area contributed by atoms with E-state index < -0.39 is 0 Å². The summed E-state index contributed by atoms with van der Waals surface area (Å²) in [5.41, 5.74) is 14.9. The SMILES string of the molecule is Cn1cc(-c2cccc(-c3ncc(-c4ccn(C)n4)c(NCC4CCCC(O)C4)n3)c2)cn1.Cn1cc(-c2cccc(-c3ncc(-c4cnn(C)c4)c(NCC4CCCC(O)C4)n3)c2)cn1.Cn1cc(-c2cccc(-c3ncc(-c4cnn(C)c4)c(N[C@H]4CCNC4)n3)c2)cn1. The molecule has 0 spiro atoms. The average Bonchev–Trinajstić information content (AvgIpc) is 1.53. The van der Waals surface area contributed by atoms with Crippen molar-refractivity contribution in [1.29, 1.82) is 0 Å². The first kappa shape index (κ1) is 64.2. The van der Waals surface area contributed by atoms with Crippen LogP contribution in [0.3, 0.4) is 0 Å². The third-order valence-electron chi connectivity index (χ3n) is 17.9. The van der Waals surface area contributed by atoms with Crippen molar-refractivity contribution in [3.05, 3.63) is 166 Å². The Kier molecular flexibility index (Phi) is 19.6. The van der Waals surface area contributed by atoms with E-state index in [2.05, 4.69) is 98.2 Å². The molecular formula is C72H82N22O2. The molecule has 24 heteroatoms. The molecule has 2 aliphatic carbocycles. The fraction of sp³-hybridized carbons (Fsp3) is 0.333. The molecule has 10 heterocycles. The van der Waals surface area contributed by atoms with Crippen molar-refractivity contribution in [3.63, 3.8) is 0 Å². The molecule has 0 bridgehead atoms. The van der Waals surface area contributed by atoms with Crippen LogP contribution in [0.1, 0.15) is 57.8 Å². The van der Waals surface area contributed by atoms with Gasteiger partial charge in [0.15, 0.2) is 17.5 Å². The number of aliphatic hydroxyl groups is 2. The van der Waals surface area contributed by atoms with Crippen molar-refractivity contribution in [2.75, 3.05) is 42.1 Å². The second-order valence-electron chi connectivity index (χ2n) is 25.5. The highest BCUT2D eigenvalue weighted by Crippen LogP contribution is 2.35. The quantitative estimate of drug-likeness (QED) is 0.0494. The van der Waals surface area contributed by atoms with E-state index in [-0.39, 0.29) is 12.2 Å². The first-order valence-electron chi connectivity index (χ1n) is 32.9. The second-order valence-corrected chi connectivity index (χ2v) is 25.5. The monoisotopic (exact) mass is 1290 g/mol. The molecular weight excluding hydrogens is 1200 g/mol. The van der Waals surface area contributed by atoms with Gasteiger partial charge in [0.05, 0.1) is 54.4 Å². The molecule has 492 valence electrons. The minimum Gasteiger partial charge on any atom is -0.393 e. The maximum absolute atomic E-state index is 10.1. The third-order valence-corrected chi connectivity index (χ3v) is 17.9. The van der Waals surface area contributed by atoms with Crippen LogP contribution in [0.4, 0.5) is 17.5 Å². The lowest BCUT2D eigenvalue weighted by Gasteiger charge is -2.26. The Morgan fingerprint density at radius 1 is 0.427 bits per heavy atom. The Bertz CT molecular complexity index is 4370. The average molecular weight is 1290 g/mol. The predicted molar refractivity (Wildman–Crippen MR) is 373 cm³/mol. The smallest absolute Gasteiger partial charge is 0.161 e. The normalized spacial score (nSPS) is 17.7. The van der Waals surface area contributed by atoms with Gasteiger partial charge in [0.25, 0.3) is 0 Å². The van der Waals surface area contributed by atoms with E-state index in [1.807, 2.05) is 172 Å². The standard InChI is InChI=1S/2C25H29N7O.C22H24N8/c1-31-15-20(12-28-31)18-6-4-7-19(10-18)24-27-14-23(21-13-29-32(2)16-21)25(30-24)26-11-17-5-3-8-22(33)9-17;1-31-10-9-23(30-31)22-15-27-24(29-25(22)26-13-17-5-3-8-21(33)11-17)19-7-4-6-18(12-19)20-14-28-32(2)16-20;1-29-13-17(9-25-29)15-4-3-5-16(8-15)21-24-12-20(18-10-26-30(2)14-18)22(28-21)27-19-6-7-23-11-19/h4,6-7,10,12-17,22,33H,3,5,8-9,11H2,1-2H3,(H,26,27,30);4,6-7,9-10,12,14-17,21,33H,3,5,8,11,13H2,1-2H3,(H,26,27,29);3-5,8-10,12-14,19,23H,6-7,11H2,1-2H3,(H,24,27,28)/t;;19-/m..0/s1. The number of rotatable bonds is 17. The van der Waals surface area contributed by atoms with Crippen molar-refractivity contribution in [2.24, 2.45) is 54.1 Å². The number of aryl methyl sites for hydroxylation is 6. The van der Waals surface area contributed by atoms with Gasteiger partial charge in [0.2, 0.25) is 0 Å². The predicted octanol–water partition coefficient (Wildman–Crippen LogP) is 10.5. The van der Waals surface area contributed by atoms with Crippen LogP contribution in [0.25, 0.3) is 101 Å². The van der Waals surface area contributed by atoms with Crippen LogP contribution in [-0.2, 0) is 42.3 Å². The summed E-state index contributed by atoms with van der Waals surface area (Å²) >= 11 is 0. The lowest BCUT2D eigenvalue weighted by molar-refractivity contribution is 0.104. The number of aromatic nitrogens is 18. The molecule has 3 aromatic carbocycles. The highest BCUT2D eigenvalue weighted by molar-refractivity contribution is 5.79. The van der Waals surface area contributed by atoms with Gasteiger partial charge in [0, 0.05) is 179 Å². The molecule has 0 amide bonds. The fourth-order valence-corrected chi connectivity index (χ4v) is 12.8. The molecule has 2 saturated carbocycles. The van der Waals surface area contributed by atoms with E-state index in [9.17, 15) is 10.2 Å². The summed E-state index contributed by atoms with van der Waals surface area (Å²) in [6.07, 6.45) is 35.3. The van der Waals surface area contributed by atoms with Gasteiger partial charge in [-0.15, -0.1) is 0 Å². The third kappa shape index (κ3) is 15.8. The largest absolute Gasteiger partial charge is 0.393 e. The Morgan fingerprint density at radius 2 is 0.823 bits per heavy atom. The van der Waals surface area contributed by atoms with Crippen LogP contribution < -0.4 is 21.3 Å². The molecule has 9 aromatic heterocycles. The number of hydrogen-bond donors (Lipinski definition) is 6. The minimum atomic E-state index is -0.197. The molecule has 12 aromatic rings. The first-order valence-corrected chi connectivity index (χ1v) is 32.9. The Morgan fingerprint density at radius 3 is 1.21 bits per heavy atom. The number of nitrogens with zero attached hydrogens (tertiary/aromatic N) is 18. The molecule has 6 N–H and O–H groups in total. The maximum atomic E-state index is 10.1. The summed E-state index contributed by atoms with van der Waals surface area (Å²) in [5.74, 6) is 5.28. The van der Waals surface area contributed by atoms with Crippen LogP contribution in [0.15, 0.2) is 166 Å². The van der Waals surface area contributed by atoms with E-state index in [0.29, 0.717) is 35.4 Å². The van der Waals surface area contributed by atoms with Crippen molar-refractivity contribution in [2.45, 2.75) is 76.0 Å². The molecule has 15 rings (SSSR count). The van der Waals surface area contributed by atoms with Crippen molar-refractivity contribution >= 4 is 17.5 Å². The summed E-state index contributed by atoms with van der Waals surface area (Å²) in [4.78, 5) is 28.8. The Balaban J connectivity index is 0.000000130. The first-order chi connectivity index (χ1) is 46.7. The van der Waals surface area contributed by atoms with E-state index in [1.165, 1.54) is 0 Å². The zero-order valence-electron chi connectivity index (χ0n) is 55.1. The van der Waals surface area contributed by atoms with Gasteiger partial charge in [-0.1, -0.05) is 67.4 Å². The van der Waals surface area contributed by atoms with E-state index in [1.54, 1.807) is 28.1 Å². The van der Waals surface area contributed by atoms with E-state index in [4.69, 9.17) is 19.9 Å². The molecule has 1 saturated heterocycles. The summed E-state index contributed by atoms with van der Waals surface area (Å²) < 4.78 is 10.7. The van der Waals surface area contributed by atoms with Gasteiger partial charge in [-0.05, 0) is 104 Å².